The highest BCUT2D eigenvalue weighted by atomic mass is 15.0. The van der Waals surface area contributed by atoms with Gasteiger partial charge in [0.15, 0.2) is 0 Å². The summed E-state index contributed by atoms with van der Waals surface area (Å²) in [4.78, 5) is 0. The van der Waals surface area contributed by atoms with Crippen LogP contribution in [0.1, 0.15) is 52.9 Å². The van der Waals surface area contributed by atoms with Gasteiger partial charge in [-0.15, -0.1) is 0 Å². The van der Waals surface area contributed by atoms with Crippen molar-refractivity contribution in [3.05, 3.63) is 0 Å². The Morgan fingerprint density at radius 3 is 2.42 bits per heavy atom. The quantitative estimate of drug-likeness (QED) is 0.682. The van der Waals surface area contributed by atoms with Crippen LogP contribution in [0.5, 0.6) is 0 Å². The van der Waals surface area contributed by atoms with E-state index >= 15 is 0 Å². The van der Waals surface area contributed by atoms with Crippen LogP contribution >= 0.6 is 0 Å². The molecule has 0 saturated carbocycles. The second kappa shape index (κ2) is 4.86. The maximum atomic E-state index is 3.71. The monoisotopic (exact) mass is 169 g/mol. The summed E-state index contributed by atoms with van der Waals surface area (Å²) in [5, 5.41) is 3.71. The van der Waals surface area contributed by atoms with Crippen molar-refractivity contribution in [3.8, 4) is 0 Å². The third-order valence-electron chi connectivity index (χ3n) is 3.21. The van der Waals surface area contributed by atoms with Crippen molar-refractivity contribution < 1.29 is 0 Å². The van der Waals surface area contributed by atoms with Crippen molar-refractivity contribution in [3.63, 3.8) is 0 Å². The van der Waals surface area contributed by atoms with Crippen LogP contribution in [-0.4, -0.2) is 12.1 Å². The lowest BCUT2D eigenvalue weighted by Crippen LogP contribution is -2.29. The zero-order valence-electron chi connectivity index (χ0n) is 8.77. The van der Waals surface area contributed by atoms with Crippen LogP contribution in [0.4, 0.5) is 0 Å². The van der Waals surface area contributed by atoms with Crippen molar-refractivity contribution in [2.75, 3.05) is 0 Å². The molecule has 0 spiro atoms. The lowest BCUT2D eigenvalue weighted by molar-refractivity contribution is 0.412. The highest BCUT2D eigenvalue weighted by Crippen LogP contribution is 2.21. The van der Waals surface area contributed by atoms with E-state index in [-0.39, 0.29) is 0 Å². The van der Waals surface area contributed by atoms with Gasteiger partial charge in [0.2, 0.25) is 0 Å². The lowest BCUT2D eigenvalue weighted by Gasteiger charge is -2.16. The molecule has 1 rings (SSSR count). The normalized spacial score (nSPS) is 32.2. The second-order valence-electron chi connectivity index (χ2n) is 4.30. The van der Waals surface area contributed by atoms with E-state index in [1.165, 1.54) is 32.1 Å². The Labute approximate surface area is 76.9 Å². The molecule has 1 aliphatic rings. The molecule has 12 heavy (non-hydrogen) atoms. The molecule has 1 fully saturated rings. The molecule has 3 atom stereocenters. The molecule has 1 saturated heterocycles. The standard InChI is InChI=1S/C11H23N/c1-4-9(3)8-11-7-6-10(5-2)12-11/h9-12H,4-8H2,1-3H3. The van der Waals surface area contributed by atoms with Gasteiger partial charge in [0, 0.05) is 12.1 Å². The molecule has 1 N–H and O–H groups in total. The first-order valence-corrected chi connectivity index (χ1v) is 5.52. The number of hydrogen-bond acceptors (Lipinski definition) is 1. The zero-order chi connectivity index (χ0) is 8.97. The Morgan fingerprint density at radius 1 is 1.25 bits per heavy atom. The molecular weight excluding hydrogens is 146 g/mol. The molecule has 0 aromatic carbocycles. The van der Waals surface area contributed by atoms with E-state index in [1.54, 1.807) is 0 Å². The van der Waals surface area contributed by atoms with Gasteiger partial charge in [0.1, 0.15) is 0 Å². The van der Waals surface area contributed by atoms with Gasteiger partial charge in [0.25, 0.3) is 0 Å². The molecule has 1 heteroatoms. The molecule has 72 valence electrons. The van der Waals surface area contributed by atoms with E-state index in [2.05, 4.69) is 26.1 Å². The summed E-state index contributed by atoms with van der Waals surface area (Å²) in [5.41, 5.74) is 0. The molecular formula is C11H23N. The summed E-state index contributed by atoms with van der Waals surface area (Å²) in [6.07, 6.45) is 6.82. The average Bonchev–Trinajstić information content (AvgIpc) is 2.52. The SMILES string of the molecule is CCC(C)CC1CCC(CC)N1. The van der Waals surface area contributed by atoms with Crippen LogP contribution < -0.4 is 5.32 Å². The van der Waals surface area contributed by atoms with Crippen molar-refractivity contribution in [1.82, 2.24) is 5.32 Å². The predicted molar refractivity (Wildman–Crippen MR) is 54.3 cm³/mol. The first kappa shape index (κ1) is 10.0. The van der Waals surface area contributed by atoms with Gasteiger partial charge in [0.05, 0.1) is 0 Å². The van der Waals surface area contributed by atoms with Crippen LogP contribution in [0.2, 0.25) is 0 Å². The van der Waals surface area contributed by atoms with Gasteiger partial charge in [-0.25, -0.2) is 0 Å². The Bertz CT molecular complexity index is 122. The smallest absolute Gasteiger partial charge is 0.00727 e. The van der Waals surface area contributed by atoms with Crippen molar-refractivity contribution in [1.29, 1.82) is 0 Å². The Balaban J connectivity index is 2.18. The molecule has 3 unspecified atom stereocenters. The first-order valence-electron chi connectivity index (χ1n) is 5.52. The van der Waals surface area contributed by atoms with E-state index in [4.69, 9.17) is 0 Å². The Hall–Kier alpha value is -0.0400. The fraction of sp³-hybridized carbons (Fsp3) is 1.00. The molecule has 0 aromatic heterocycles. The van der Waals surface area contributed by atoms with Crippen molar-refractivity contribution in [2.45, 2.75) is 65.0 Å². The maximum absolute atomic E-state index is 3.71. The zero-order valence-corrected chi connectivity index (χ0v) is 8.77. The minimum absolute atomic E-state index is 0.819. The number of hydrogen-bond donors (Lipinski definition) is 1. The van der Waals surface area contributed by atoms with Gasteiger partial charge in [-0.2, -0.15) is 0 Å². The lowest BCUT2D eigenvalue weighted by atomic mass is 9.98. The van der Waals surface area contributed by atoms with Crippen molar-refractivity contribution >= 4 is 0 Å². The van der Waals surface area contributed by atoms with Gasteiger partial charge >= 0.3 is 0 Å². The summed E-state index contributed by atoms with van der Waals surface area (Å²) < 4.78 is 0. The summed E-state index contributed by atoms with van der Waals surface area (Å²) in [6.45, 7) is 6.93. The minimum Gasteiger partial charge on any atom is -0.311 e. The largest absolute Gasteiger partial charge is 0.311 e. The second-order valence-corrected chi connectivity index (χ2v) is 4.30. The topological polar surface area (TPSA) is 12.0 Å². The van der Waals surface area contributed by atoms with Crippen LogP contribution in [0.3, 0.4) is 0 Å². The van der Waals surface area contributed by atoms with Gasteiger partial charge < -0.3 is 5.32 Å². The van der Waals surface area contributed by atoms with Crippen molar-refractivity contribution in [2.24, 2.45) is 5.92 Å². The summed E-state index contributed by atoms with van der Waals surface area (Å²) in [7, 11) is 0. The third-order valence-corrected chi connectivity index (χ3v) is 3.21. The molecule has 1 aliphatic heterocycles. The minimum atomic E-state index is 0.819. The molecule has 0 aromatic rings. The molecule has 0 amide bonds. The number of nitrogens with one attached hydrogen (secondary N) is 1. The fourth-order valence-electron chi connectivity index (χ4n) is 2.06. The van der Waals surface area contributed by atoms with Crippen LogP contribution in [0.15, 0.2) is 0 Å². The average molecular weight is 169 g/mol. The third kappa shape index (κ3) is 2.78. The fourth-order valence-corrected chi connectivity index (χ4v) is 2.06. The van der Waals surface area contributed by atoms with E-state index < -0.39 is 0 Å². The molecule has 0 aliphatic carbocycles. The summed E-state index contributed by atoms with van der Waals surface area (Å²) >= 11 is 0. The highest BCUT2D eigenvalue weighted by molar-refractivity contribution is 4.83. The molecule has 0 radical (unpaired) electrons. The van der Waals surface area contributed by atoms with E-state index in [9.17, 15) is 0 Å². The van der Waals surface area contributed by atoms with E-state index in [0.29, 0.717) is 0 Å². The molecule has 1 heterocycles. The first-order chi connectivity index (χ1) is 5.76. The van der Waals surface area contributed by atoms with E-state index in [1.807, 2.05) is 0 Å². The predicted octanol–water partition coefficient (Wildman–Crippen LogP) is 2.95. The van der Waals surface area contributed by atoms with E-state index in [0.717, 1.165) is 18.0 Å². The number of rotatable bonds is 4. The highest BCUT2D eigenvalue weighted by Gasteiger charge is 2.22. The Morgan fingerprint density at radius 2 is 1.92 bits per heavy atom. The van der Waals surface area contributed by atoms with Crippen LogP contribution in [-0.2, 0) is 0 Å². The summed E-state index contributed by atoms with van der Waals surface area (Å²) in [5.74, 6) is 0.901. The van der Waals surface area contributed by atoms with Gasteiger partial charge in [-0.3, -0.25) is 0 Å². The van der Waals surface area contributed by atoms with Crippen LogP contribution in [0.25, 0.3) is 0 Å². The molecule has 1 nitrogen and oxygen atoms in total. The Kier molecular flexibility index (Phi) is 4.07. The van der Waals surface area contributed by atoms with Crippen LogP contribution in [0, 0.1) is 5.92 Å². The maximum Gasteiger partial charge on any atom is 0.00727 e. The van der Waals surface area contributed by atoms with Gasteiger partial charge in [-0.1, -0.05) is 27.2 Å². The van der Waals surface area contributed by atoms with Gasteiger partial charge in [-0.05, 0) is 31.6 Å². The summed E-state index contributed by atoms with van der Waals surface area (Å²) in [6, 6.07) is 1.64. The molecule has 0 bridgehead atoms.